The molecule has 0 heterocycles. The summed E-state index contributed by atoms with van der Waals surface area (Å²) in [4.78, 5) is 9.94. The molecule has 0 aliphatic heterocycles. The molecule has 0 bridgehead atoms. The number of aliphatic carboxylic acids is 1. The lowest BCUT2D eigenvalue weighted by molar-refractivity contribution is -0.137. The maximum atomic E-state index is 13.6. The van der Waals surface area contributed by atoms with Crippen LogP contribution in [0.3, 0.4) is 0 Å². The molecule has 0 fully saturated rings. The van der Waals surface area contributed by atoms with E-state index in [0.29, 0.717) is 4.47 Å². The van der Waals surface area contributed by atoms with Gasteiger partial charge < -0.3 is 5.11 Å². The highest BCUT2D eigenvalue weighted by Gasteiger charge is 2.24. The molecule has 19 heavy (non-hydrogen) atoms. The van der Waals surface area contributed by atoms with Gasteiger partial charge in [0.1, 0.15) is 10.7 Å². The smallest absolute Gasteiger partial charge is 0.303 e. The number of benzene rings is 1. The number of sulfonamides is 1. The van der Waals surface area contributed by atoms with E-state index >= 15 is 0 Å². The first kappa shape index (κ1) is 16.1. The average molecular weight is 354 g/mol. The Morgan fingerprint density at radius 3 is 2.63 bits per heavy atom. The van der Waals surface area contributed by atoms with Gasteiger partial charge in [-0.2, -0.15) is 0 Å². The summed E-state index contributed by atoms with van der Waals surface area (Å²) < 4.78 is 39.1. The predicted molar refractivity (Wildman–Crippen MR) is 70.8 cm³/mol. The highest BCUT2D eigenvalue weighted by molar-refractivity contribution is 9.10. The average Bonchev–Trinajstić information content (AvgIpc) is 2.27. The summed E-state index contributed by atoms with van der Waals surface area (Å²) in [5, 5.41) is 8.49. The number of halogens is 2. The molecule has 1 N–H and O–H groups in total. The van der Waals surface area contributed by atoms with Crippen LogP contribution in [0.25, 0.3) is 0 Å². The molecule has 1 aromatic carbocycles. The van der Waals surface area contributed by atoms with Crippen LogP contribution in [0.4, 0.5) is 4.39 Å². The van der Waals surface area contributed by atoms with Gasteiger partial charge in [0.15, 0.2) is 0 Å². The zero-order chi connectivity index (χ0) is 14.6. The number of nitrogens with zero attached hydrogens (tertiary/aromatic N) is 1. The van der Waals surface area contributed by atoms with E-state index in [0.717, 1.165) is 10.4 Å². The molecule has 0 aliphatic rings. The van der Waals surface area contributed by atoms with Crippen LogP contribution in [0.15, 0.2) is 27.6 Å². The van der Waals surface area contributed by atoms with Gasteiger partial charge in [0.2, 0.25) is 10.0 Å². The van der Waals surface area contributed by atoms with Crippen molar-refractivity contribution in [2.24, 2.45) is 0 Å². The molecule has 0 unspecified atom stereocenters. The summed E-state index contributed by atoms with van der Waals surface area (Å²) in [5.74, 6) is -1.85. The van der Waals surface area contributed by atoms with Crippen LogP contribution < -0.4 is 0 Å². The van der Waals surface area contributed by atoms with Crippen molar-refractivity contribution in [3.8, 4) is 0 Å². The second-order valence-corrected chi connectivity index (χ2v) is 6.83. The topological polar surface area (TPSA) is 74.7 Å². The third-order valence-electron chi connectivity index (χ3n) is 2.45. The number of carbonyl (C=O) groups is 1. The number of rotatable bonds is 6. The van der Waals surface area contributed by atoms with Crippen molar-refractivity contribution < 1.29 is 22.7 Å². The van der Waals surface area contributed by atoms with E-state index in [1.54, 1.807) is 0 Å². The van der Waals surface area contributed by atoms with Crippen LogP contribution in [0.2, 0.25) is 0 Å². The molecule has 0 radical (unpaired) electrons. The molecule has 0 saturated carbocycles. The monoisotopic (exact) mass is 353 g/mol. The Bertz CT molecular complexity index is 576. The minimum Gasteiger partial charge on any atom is -0.481 e. The first-order valence-corrected chi connectivity index (χ1v) is 7.61. The van der Waals surface area contributed by atoms with E-state index < -0.39 is 26.7 Å². The van der Waals surface area contributed by atoms with E-state index in [4.69, 9.17) is 5.11 Å². The third kappa shape index (κ3) is 4.26. The zero-order valence-electron chi connectivity index (χ0n) is 10.1. The highest BCUT2D eigenvalue weighted by Crippen LogP contribution is 2.22. The summed E-state index contributed by atoms with van der Waals surface area (Å²) in [6.07, 6.45) is 0.0336. The molecule has 5 nitrogen and oxygen atoms in total. The Kier molecular flexibility index (Phi) is 5.45. The standard InChI is InChI=1S/C11H13BrFNO4S/c1-14(6-2-3-11(15)16)19(17,18)10-5-4-8(12)7-9(10)13/h4-5,7H,2-3,6H2,1H3,(H,15,16). The molecule has 0 spiro atoms. The molecule has 1 aromatic rings. The molecule has 0 atom stereocenters. The van der Waals surface area contributed by atoms with Crippen LogP contribution in [-0.2, 0) is 14.8 Å². The van der Waals surface area contributed by atoms with E-state index in [-0.39, 0.29) is 19.4 Å². The van der Waals surface area contributed by atoms with Gasteiger partial charge in [0.25, 0.3) is 0 Å². The molecule has 0 aliphatic carbocycles. The van der Waals surface area contributed by atoms with Crippen LogP contribution in [-0.4, -0.2) is 37.4 Å². The second kappa shape index (κ2) is 6.44. The molecular formula is C11H13BrFNO4S. The van der Waals surface area contributed by atoms with Crippen molar-refractivity contribution in [1.82, 2.24) is 4.31 Å². The van der Waals surface area contributed by atoms with Crippen LogP contribution >= 0.6 is 15.9 Å². The van der Waals surface area contributed by atoms with E-state index in [1.165, 1.54) is 19.2 Å². The van der Waals surface area contributed by atoms with Crippen molar-refractivity contribution in [3.63, 3.8) is 0 Å². The summed E-state index contributed by atoms with van der Waals surface area (Å²) in [6, 6.07) is 3.67. The van der Waals surface area contributed by atoms with Crippen molar-refractivity contribution >= 4 is 31.9 Å². The van der Waals surface area contributed by atoms with Gasteiger partial charge in [-0.15, -0.1) is 0 Å². The number of carboxylic acids is 1. The molecule has 8 heteroatoms. The number of hydrogen-bond donors (Lipinski definition) is 1. The molecule has 0 amide bonds. The first-order chi connectivity index (χ1) is 8.75. The molecular weight excluding hydrogens is 341 g/mol. The fourth-order valence-electron chi connectivity index (χ4n) is 1.43. The van der Waals surface area contributed by atoms with Crippen molar-refractivity contribution in [1.29, 1.82) is 0 Å². The van der Waals surface area contributed by atoms with E-state index in [9.17, 15) is 17.6 Å². The largest absolute Gasteiger partial charge is 0.481 e. The molecule has 0 saturated heterocycles. The Balaban J connectivity index is 2.87. The fourth-order valence-corrected chi connectivity index (χ4v) is 3.01. The van der Waals surface area contributed by atoms with Gasteiger partial charge in [-0.1, -0.05) is 15.9 Å². The van der Waals surface area contributed by atoms with Crippen molar-refractivity contribution in [3.05, 3.63) is 28.5 Å². The minimum absolute atomic E-state index is 0.0180. The number of hydrogen-bond acceptors (Lipinski definition) is 3. The second-order valence-electron chi connectivity index (χ2n) is 3.90. The summed E-state index contributed by atoms with van der Waals surface area (Å²) in [7, 11) is -2.65. The molecule has 0 aromatic heterocycles. The van der Waals surface area contributed by atoms with Gasteiger partial charge in [0, 0.05) is 24.5 Å². The normalized spacial score (nSPS) is 11.8. The number of carboxylic acid groups (broad SMARTS) is 1. The van der Waals surface area contributed by atoms with Gasteiger partial charge in [0.05, 0.1) is 0 Å². The minimum atomic E-state index is -3.94. The maximum Gasteiger partial charge on any atom is 0.303 e. The zero-order valence-corrected chi connectivity index (χ0v) is 12.5. The van der Waals surface area contributed by atoms with Crippen LogP contribution in [0.5, 0.6) is 0 Å². The quantitative estimate of drug-likeness (QED) is 0.849. The Hall–Kier alpha value is -0.990. The van der Waals surface area contributed by atoms with Crippen LogP contribution in [0, 0.1) is 5.82 Å². The van der Waals surface area contributed by atoms with Crippen molar-refractivity contribution in [2.45, 2.75) is 17.7 Å². The lowest BCUT2D eigenvalue weighted by atomic mass is 10.3. The summed E-state index contributed by atoms with van der Waals surface area (Å²) in [6.45, 7) is 0.0180. The van der Waals surface area contributed by atoms with Gasteiger partial charge in [-0.3, -0.25) is 4.79 Å². The summed E-state index contributed by atoms with van der Waals surface area (Å²) >= 11 is 3.04. The van der Waals surface area contributed by atoms with Gasteiger partial charge in [-0.25, -0.2) is 17.1 Å². The fraction of sp³-hybridized carbons (Fsp3) is 0.364. The van der Waals surface area contributed by atoms with Crippen molar-refractivity contribution in [2.75, 3.05) is 13.6 Å². The first-order valence-electron chi connectivity index (χ1n) is 5.38. The Labute approximate surface area is 119 Å². The maximum absolute atomic E-state index is 13.6. The lowest BCUT2D eigenvalue weighted by Crippen LogP contribution is -2.29. The summed E-state index contributed by atoms with van der Waals surface area (Å²) in [5.41, 5.74) is 0. The SMILES string of the molecule is CN(CCCC(=O)O)S(=O)(=O)c1ccc(Br)cc1F. The molecule has 1 rings (SSSR count). The third-order valence-corrected chi connectivity index (χ3v) is 4.83. The highest BCUT2D eigenvalue weighted by atomic mass is 79.9. The lowest BCUT2D eigenvalue weighted by Gasteiger charge is -2.17. The molecule has 106 valence electrons. The Morgan fingerprint density at radius 1 is 1.47 bits per heavy atom. The van der Waals surface area contributed by atoms with E-state index in [2.05, 4.69) is 15.9 Å². The van der Waals surface area contributed by atoms with Gasteiger partial charge in [-0.05, 0) is 24.6 Å². The Morgan fingerprint density at radius 2 is 2.11 bits per heavy atom. The predicted octanol–water partition coefficient (Wildman–Crippen LogP) is 2.07. The van der Waals surface area contributed by atoms with Gasteiger partial charge >= 0.3 is 5.97 Å². The van der Waals surface area contributed by atoms with E-state index in [1.807, 2.05) is 0 Å². The van der Waals surface area contributed by atoms with Crippen LogP contribution in [0.1, 0.15) is 12.8 Å².